The number of hydrogen-bond donors (Lipinski definition) is 1. The molecule has 1 aliphatic rings. The molecule has 6 nitrogen and oxygen atoms in total. The number of hydrogen-bond acceptors (Lipinski definition) is 4. The molecule has 24 heavy (non-hydrogen) atoms. The van der Waals surface area contributed by atoms with Crippen LogP contribution in [0.2, 0.25) is 0 Å². The first-order valence-electron chi connectivity index (χ1n) is 7.53. The molecular formula is C18H13N3O3. The van der Waals surface area contributed by atoms with Gasteiger partial charge >= 0.3 is 0 Å². The van der Waals surface area contributed by atoms with Crippen LogP contribution in [0, 0.1) is 0 Å². The number of furan rings is 1. The summed E-state index contributed by atoms with van der Waals surface area (Å²) in [6.45, 7) is 0.240. The van der Waals surface area contributed by atoms with Crippen molar-refractivity contribution in [2.24, 2.45) is 10.2 Å². The minimum Gasteiger partial charge on any atom is -0.451 e. The summed E-state index contributed by atoms with van der Waals surface area (Å²) in [7, 11) is 0. The molecule has 2 aromatic carbocycles. The number of azo groups is 1. The van der Waals surface area contributed by atoms with E-state index < -0.39 is 0 Å². The van der Waals surface area contributed by atoms with Gasteiger partial charge in [-0.2, -0.15) is 5.11 Å². The van der Waals surface area contributed by atoms with Crippen molar-refractivity contribution in [3.05, 3.63) is 71.5 Å². The normalized spacial score (nSPS) is 16.2. The van der Waals surface area contributed by atoms with Crippen LogP contribution in [-0.4, -0.2) is 18.4 Å². The number of amides is 2. The number of benzene rings is 2. The summed E-state index contributed by atoms with van der Waals surface area (Å²) in [6.07, 6.45) is 0. The van der Waals surface area contributed by atoms with E-state index in [1.165, 1.54) is 0 Å². The Hall–Kier alpha value is -3.28. The van der Waals surface area contributed by atoms with E-state index in [9.17, 15) is 9.59 Å². The van der Waals surface area contributed by atoms with Gasteiger partial charge in [-0.15, -0.1) is 5.11 Å². The lowest BCUT2D eigenvalue weighted by atomic mass is 9.99. The third-order valence-electron chi connectivity index (χ3n) is 3.94. The number of carbonyl (C=O) groups excluding carboxylic acids is 2. The minimum absolute atomic E-state index is 0.240. The first kappa shape index (κ1) is 14.3. The van der Waals surface area contributed by atoms with E-state index in [0.29, 0.717) is 11.1 Å². The predicted octanol–water partition coefficient (Wildman–Crippen LogP) is 3.51. The fourth-order valence-corrected chi connectivity index (χ4v) is 2.74. The van der Waals surface area contributed by atoms with Crippen molar-refractivity contribution >= 4 is 22.8 Å². The summed E-state index contributed by atoms with van der Waals surface area (Å²) in [6, 6.07) is 15.9. The van der Waals surface area contributed by atoms with Gasteiger partial charge in [0.25, 0.3) is 11.8 Å². The van der Waals surface area contributed by atoms with Crippen molar-refractivity contribution in [2.45, 2.75) is 6.04 Å². The summed E-state index contributed by atoms with van der Waals surface area (Å²) in [4.78, 5) is 24.0. The third-order valence-corrected chi connectivity index (χ3v) is 3.94. The van der Waals surface area contributed by atoms with Gasteiger partial charge in [0.15, 0.2) is 5.76 Å². The van der Waals surface area contributed by atoms with E-state index in [2.05, 4.69) is 15.5 Å². The van der Waals surface area contributed by atoms with Crippen LogP contribution in [0.25, 0.3) is 11.0 Å². The number of rotatable bonds is 3. The van der Waals surface area contributed by atoms with Gasteiger partial charge in [-0.1, -0.05) is 36.4 Å². The molecular weight excluding hydrogens is 306 g/mol. The van der Waals surface area contributed by atoms with E-state index in [-0.39, 0.29) is 30.2 Å². The zero-order chi connectivity index (χ0) is 16.5. The summed E-state index contributed by atoms with van der Waals surface area (Å²) in [5.41, 5.74) is 1.95. The SMILES string of the molecule is O=C(NCC1N=NC(=O)c2ccccc21)c1cc2ccccc2o1. The average molecular weight is 319 g/mol. The second-order valence-corrected chi connectivity index (χ2v) is 5.48. The Bertz CT molecular complexity index is 941. The van der Waals surface area contributed by atoms with E-state index in [1.807, 2.05) is 36.4 Å². The number of nitrogens with zero attached hydrogens (tertiary/aromatic N) is 2. The summed E-state index contributed by atoms with van der Waals surface area (Å²) in [5, 5.41) is 11.3. The molecule has 0 radical (unpaired) electrons. The van der Waals surface area contributed by atoms with Gasteiger partial charge in [0, 0.05) is 17.5 Å². The van der Waals surface area contributed by atoms with Crippen LogP contribution >= 0.6 is 0 Å². The van der Waals surface area contributed by atoms with Crippen LogP contribution in [0.5, 0.6) is 0 Å². The molecule has 0 aliphatic carbocycles. The van der Waals surface area contributed by atoms with Gasteiger partial charge < -0.3 is 9.73 Å². The molecule has 2 amide bonds. The fraction of sp³-hybridized carbons (Fsp3) is 0.111. The summed E-state index contributed by atoms with van der Waals surface area (Å²) >= 11 is 0. The van der Waals surface area contributed by atoms with E-state index >= 15 is 0 Å². The molecule has 0 fully saturated rings. The maximum Gasteiger partial charge on any atom is 0.295 e. The molecule has 6 heteroatoms. The lowest BCUT2D eigenvalue weighted by Crippen LogP contribution is -2.29. The zero-order valence-electron chi connectivity index (χ0n) is 12.6. The molecule has 1 unspecified atom stereocenters. The van der Waals surface area contributed by atoms with Gasteiger partial charge in [0.1, 0.15) is 11.6 Å². The van der Waals surface area contributed by atoms with E-state index in [1.54, 1.807) is 18.2 Å². The van der Waals surface area contributed by atoms with Crippen molar-refractivity contribution in [2.75, 3.05) is 6.54 Å². The predicted molar refractivity (Wildman–Crippen MR) is 86.9 cm³/mol. The van der Waals surface area contributed by atoms with Gasteiger partial charge in [0.05, 0.1) is 0 Å². The van der Waals surface area contributed by atoms with Crippen LogP contribution in [0.1, 0.15) is 32.5 Å². The zero-order valence-corrected chi connectivity index (χ0v) is 12.6. The monoisotopic (exact) mass is 319 g/mol. The Kier molecular flexibility index (Phi) is 3.42. The average Bonchev–Trinajstić information content (AvgIpc) is 3.05. The van der Waals surface area contributed by atoms with Crippen LogP contribution in [-0.2, 0) is 0 Å². The Balaban J connectivity index is 1.51. The largest absolute Gasteiger partial charge is 0.451 e. The van der Waals surface area contributed by atoms with Crippen molar-refractivity contribution in [3.63, 3.8) is 0 Å². The lowest BCUT2D eigenvalue weighted by molar-refractivity contribution is 0.0925. The van der Waals surface area contributed by atoms with Crippen LogP contribution in [0.15, 0.2) is 69.2 Å². The molecule has 0 saturated heterocycles. The van der Waals surface area contributed by atoms with Crippen molar-refractivity contribution in [1.82, 2.24) is 5.32 Å². The molecule has 1 aromatic heterocycles. The molecule has 2 heterocycles. The number of nitrogens with one attached hydrogen (secondary N) is 1. The Morgan fingerprint density at radius 3 is 2.79 bits per heavy atom. The lowest BCUT2D eigenvalue weighted by Gasteiger charge is -2.18. The molecule has 1 aliphatic heterocycles. The quantitative estimate of drug-likeness (QED) is 0.801. The first-order valence-corrected chi connectivity index (χ1v) is 7.53. The Morgan fingerprint density at radius 2 is 1.92 bits per heavy atom. The summed E-state index contributed by atoms with van der Waals surface area (Å²) in [5.74, 6) is -0.436. The molecule has 0 saturated carbocycles. The van der Waals surface area contributed by atoms with Crippen molar-refractivity contribution in [1.29, 1.82) is 0 Å². The fourth-order valence-electron chi connectivity index (χ4n) is 2.74. The minimum atomic E-state index is -0.382. The van der Waals surface area contributed by atoms with Gasteiger partial charge in [0.2, 0.25) is 0 Å². The summed E-state index contributed by atoms with van der Waals surface area (Å²) < 4.78 is 5.54. The number of para-hydroxylation sites is 1. The third kappa shape index (κ3) is 2.48. The highest BCUT2D eigenvalue weighted by Crippen LogP contribution is 2.26. The molecule has 1 atom stereocenters. The van der Waals surface area contributed by atoms with Crippen LogP contribution in [0.3, 0.4) is 0 Å². The molecule has 0 spiro atoms. The van der Waals surface area contributed by atoms with Gasteiger partial charge in [-0.05, 0) is 23.8 Å². The standard InChI is InChI=1S/C18H13N3O3/c22-17-13-7-3-2-6-12(13)14(20-21-17)10-19-18(23)16-9-11-5-1-4-8-15(11)24-16/h1-9,14H,10H2,(H,19,23). The maximum absolute atomic E-state index is 12.3. The number of carbonyl (C=O) groups is 2. The van der Waals surface area contributed by atoms with Crippen LogP contribution in [0.4, 0.5) is 0 Å². The highest BCUT2D eigenvalue weighted by molar-refractivity contribution is 5.97. The van der Waals surface area contributed by atoms with Gasteiger partial charge in [-0.25, -0.2) is 0 Å². The highest BCUT2D eigenvalue weighted by atomic mass is 16.3. The maximum atomic E-state index is 12.3. The smallest absolute Gasteiger partial charge is 0.295 e. The van der Waals surface area contributed by atoms with Crippen LogP contribution < -0.4 is 5.32 Å². The molecule has 118 valence electrons. The second-order valence-electron chi connectivity index (χ2n) is 5.48. The molecule has 4 rings (SSSR count). The second kappa shape index (κ2) is 5.73. The van der Waals surface area contributed by atoms with E-state index in [4.69, 9.17) is 4.42 Å². The van der Waals surface area contributed by atoms with E-state index in [0.717, 1.165) is 10.9 Å². The topological polar surface area (TPSA) is 84.0 Å². The molecule has 0 bridgehead atoms. The van der Waals surface area contributed by atoms with Crippen molar-refractivity contribution < 1.29 is 14.0 Å². The van der Waals surface area contributed by atoms with Crippen molar-refractivity contribution in [3.8, 4) is 0 Å². The molecule has 1 N–H and O–H groups in total. The van der Waals surface area contributed by atoms with Gasteiger partial charge in [-0.3, -0.25) is 9.59 Å². The Morgan fingerprint density at radius 1 is 1.12 bits per heavy atom. The highest BCUT2D eigenvalue weighted by Gasteiger charge is 2.24. The first-order chi connectivity index (χ1) is 11.7. The molecule has 3 aromatic rings. The Labute approximate surface area is 137 Å². The number of fused-ring (bicyclic) bond motifs is 2.